The first-order valence-electron chi connectivity index (χ1n) is 11.5. The van der Waals surface area contributed by atoms with E-state index in [9.17, 15) is 28.4 Å². The summed E-state index contributed by atoms with van der Waals surface area (Å²) >= 11 is 3.19. The fourth-order valence-corrected chi connectivity index (χ4v) is 4.78. The molecule has 0 unspecified atom stereocenters. The van der Waals surface area contributed by atoms with Gasteiger partial charge in [0.1, 0.15) is 5.71 Å². The molecule has 1 spiro atoms. The lowest BCUT2D eigenvalue weighted by atomic mass is 9.65. The van der Waals surface area contributed by atoms with E-state index in [1.54, 1.807) is 12.2 Å². The second-order valence-corrected chi connectivity index (χ2v) is 8.98. The lowest BCUT2D eigenvalue weighted by Crippen LogP contribution is -2.54. The third-order valence-corrected chi connectivity index (χ3v) is 6.55. The van der Waals surface area contributed by atoms with E-state index in [2.05, 4.69) is 37.8 Å². The zero-order chi connectivity index (χ0) is 26.9. The van der Waals surface area contributed by atoms with Crippen molar-refractivity contribution in [1.82, 2.24) is 16.1 Å². The van der Waals surface area contributed by atoms with Gasteiger partial charge in [0.15, 0.2) is 17.2 Å². The number of nitrogens with one attached hydrogen (secondary N) is 3. The predicted molar refractivity (Wildman–Crippen MR) is 116 cm³/mol. The second-order valence-electron chi connectivity index (χ2n) is 8.13. The molecule has 1 atom stereocenters. The van der Waals surface area contributed by atoms with Crippen LogP contribution >= 0.6 is 15.9 Å². The van der Waals surface area contributed by atoms with E-state index in [1.165, 1.54) is 0 Å². The molecule has 33 heavy (non-hydrogen) atoms. The summed E-state index contributed by atoms with van der Waals surface area (Å²) in [4.78, 5) is 35.8. The zero-order valence-corrected chi connectivity index (χ0v) is 19.0. The van der Waals surface area contributed by atoms with Crippen molar-refractivity contribution < 1.29 is 32.0 Å². The van der Waals surface area contributed by atoms with Crippen LogP contribution in [0, 0.1) is 28.4 Å². The summed E-state index contributed by atoms with van der Waals surface area (Å²) < 4.78 is 54.5. The van der Waals surface area contributed by atoms with Crippen molar-refractivity contribution in [2.24, 2.45) is 10.5 Å². The van der Waals surface area contributed by atoms with Crippen molar-refractivity contribution in [1.29, 1.82) is 5.26 Å². The Morgan fingerprint density at radius 2 is 2.00 bits per heavy atom. The Kier molecular flexibility index (Phi) is 5.86. The third-order valence-electron chi connectivity index (χ3n) is 5.89. The number of carbonyl (C=O) groups excluding carboxylic acids is 3. The molecule has 3 N–H and O–H groups in total. The highest BCUT2D eigenvalue weighted by atomic mass is 79.9. The van der Waals surface area contributed by atoms with Crippen LogP contribution in [-0.2, 0) is 14.3 Å². The maximum Gasteiger partial charge on any atom is 0.428 e. The van der Waals surface area contributed by atoms with Crippen molar-refractivity contribution in [2.75, 3.05) is 6.98 Å². The molecular weight excluding hydrogens is 504 g/mol. The molecule has 1 aromatic rings. The molecule has 12 heteroatoms. The van der Waals surface area contributed by atoms with Gasteiger partial charge in [-0.3, -0.25) is 9.59 Å². The van der Waals surface area contributed by atoms with E-state index in [0.717, 1.165) is 12.1 Å². The number of rotatable bonds is 4. The molecule has 1 fully saturated rings. The monoisotopic (exact) mass is 528 g/mol. The predicted octanol–water partition coefficient (Wildman–Crippen LogP) is 2.63. The second kappa shape index (κ2) is 9.43. The molecule has 3 rings (SSSR count). The van der Waals surface area contributed by atoms with E-state index >= 15 is 0 Å². The van der Waals surface area contributed by atoms with Gasteiger partial charge in [-0.25, -0.2) is 19.0 Å². The van der Waals surface area contributed by atoms with E-state index in [1.807, 2.05) is 0 Å². The van der Waals surface area contributed by atoms with Crippen LogP contribution in [0.25, 0.3) is 0 Å². The average molecular weight is 529 g/mol. The summed E-state index contributed by atoms with van der Waals surface area (Å²) in [5, 5.41) is 18.0. The van der Waals surface area contributed by atoms with Crippen molar-refractivity contribution in [3.05, 3.63) is 33.8 Å². The first-order chi connectivity index (χ1) is 16.7. The van der Waals surface area contributed by atoms with Crippen LogP contribution in [0.2, 0.25) is 0 Å². The quantitative estimate of drug-likeness (QED) is 0.408. The summed E-state index contributed by atoms with van der Waals surface area (Å²) in [6.45, 7) is -1.25. The molecular formula is C21H22BrF2N5O4. The molecule has 1 saturated carbocycles. The maximum absolute atomic E-state index is 14.0. The van der Waals surface area contributed by atoms with Crippen LogP contribution < -0.4 is 16.1 Å². The van der Waals surface area contributed by atoms with Crippen LogP contribution in [0.5, 0.6) is 0 Å². The smallest absolute Gasteiger partial charge is 0.428 e. The number of hydrogen-bond donors (Lipinski definition) is 3. The molecule has 1 aliphatic heterocycles. The Labute approximate surface area is 201 Å². The molecule has 0 aromatic heterocycles. The molecule has 9 nitrogen and oxygen atoms in total. The molecule has 176 valence electrons. The minimum Gasteiger partial charge on any atom is -0.435 e. The average Bonchev–Trinajstić information content (AvgIpc) is 2.77. The Morgan fingerprint density at radius 3 is 2.64 bits per heavy atom. The van der Waals surface area contributed by atoms with Gasteiger partial charge in [-0.05, 0) is 67.1 Å². The first-order valence-corrected chi connectivity index (χ1v) is 10.7. The number of nitrogens with zero attached hydrogens (tertiary/aromatic N) is 2. The molecule has 0 bridgehead atoms. The highest BCUT2D eigenvalue weighted by Gasteiger charge is 2.51. The Bertz CT molecular complexity index is 1160. The normalized spacial score (nSPS) is 26.9. The molecule has 1 aliphatic carbocycles. The van der Waals surface area contributed by atoms with Crippen LogP contribution in [0.1, 0.15) is 48.7 Å². The number of hydrogen-bond acceptors (Lipinski definition) is 6. The van der Waals surface area contributed by atoms with Crippen LogP contribution in [0.4, 0.5) is 13.6 Å². The van der Waals surface area contributed by atoms with Crippen LogP contribution in [-0.4, -0.2) is 42.2 Å². The minimum atomic E-state index is -2.82. The molecule has 3 amide bonds. The van der Waals surface area contributed by atoms with Gasteiger partial charge >= 0.3 is 17.9 Å². The highest BCUT2D eigenvalue weighted by Crippen LogP contribution is 2.47. The largest absolute Gasteiger partial charge is 0.435 e. The van der Waals surface area contributed by atoms with Gasteiger partial charge < -0.3 is 15.4 Å². The topological polar surface area (TPSA) is 133 Å². The van der Waals surface area contributed by atoms with E-state index in [-0.39, 0.29) is 47.9 Å². The Balaban J connectivity index is 1.76. The lowest BCUT2D eigenvalue weighted by Gasteiger charge is -2.45. The number of ether oxygens (including phenoxy) is 1. The summed E-state index contributed by atoms with van der Waals surface area (Å²) in [6.07, 6.45) is -0.0724. The van der Waals surface area contributed by atoms with Gasteiger partial charge in [-0.2, -0.15) is 10.4 Å². The van der Waals surface area contributed by atoms with E-state index in [0.29, 0.717) is 0 Å². The SMILES string of the molecule is [2H]C([2H])([2H])NC(=O)C(=O)N[C@@H](C)CC1(C#N)CCC2(CC1)OC(=O)NN=C2c1cc(F)c(F)cc1Br. The summed E-state index contributed by atoms with van der Waals surface area (Å²) in [6, 6.07) is 3.46. The van der Waals surface area contributed by atoms with Crippen molar-refractivity contribution in [3.8, 4) is 6.07 Å². The maximum atomic E-state index is 14.0. The number of carbonyl (C=O) groups is 3. The number of halogens is 3. The zero-order valence-electron chi connectivity index (χ0n) is 20.4. The number of hydrazone groups is 1. The first kappa shape index (κ1) is 20.5. The molecule has 1 heterocycles. The summed E-state index contributed by atoms with van der Waals surface area (Å²) in [7, 11) is 0. The van der Waals surface area contributed by atoms with Gasteiger partial charge in [-0.15, -0.1) is 0 Å². The standard InChI is InChI=1S/C21H22BrF2N5O4/c1-11(27-18(31)17(30)26-2)9-20(10-25)3-5-21(6-4-20)16(28-29-19(32)33-21)12-7-14(23)15(24)8-13(12)22/h7-8,11H,3-6,9H2,1-2H3,(H,26,30)(H,27,31)(H,29,32)/t11-,20?,21?/m0/s1/i2D3. The fourth-order valence-electron chi connectivity index (χ4n) is 4.28. The molecule has 0 radical (unpaired) electrons. The molecule has 1 aromatic carbocycles. The highest BCUT2D eigenvalue weighted by molar-refractivity contribution is 9.10. The fraction of sp³-hybridized carbons (Fsp3) is 0.476. The van der Waals surface area contributed by atoms with Gasteiger partial charge in [0.25, 0.3) is 0 Å². The number of likely N-dealkylation sites (N-methyl/N-ethyl adjacent to an activating group) is 1. The van der Waals surface area contributed by atoms with Gasteiger partial charge in [-0.1, -0.05) is 0 Å². The van der Waals surface area contributed by atoms with Gasteiger partial charge in [0.2, 0.25) is 0 Å². The van der Waals surface area contributed by atoms with Crippen molar-refractivity contribution >= 4 is 39.5 Å². The summed E-state index contributed by atoms with van der Waals surface area (Å²) in [5.74, 6) is -4.66. The van der Waals surface area contributed by atoms with E-state index < -0.39 is 53.6 Å². The summed E-state index contributed by atoms with van der Waals surface area (Å²) in [5.41, 5.74) is 0.242. The van der Waals surface area contributed by atoms with Crippen LogP contribution in [0.15, 0.2) is 21.7 Å². The van der Waals surface area contributed by atoms with Gasteiger partial charge in [0.05, 0.1) is 11.5 Å². The Morgan fingerprint density at radius 1 is 1.33 bits per heavy atom. The molecule has 0 saturated heterocycles. The number of benzene rings is 1. The van der Waals surface area contributed by atoms with Crippen molar-refractivity contribution in [2.45, 2.75) is 50.7 Å². The number of amides is 3. The minimum absolute atomic E-state index is 0.123. The Hall–Kier alpha value is -3.07. The van der Waals surface area contributed by atoms with Gasteiger partial charge in [0, 0.05) is 27.2 Å². The van der Waals surface area contributed by atoms with Crippen LogP contribution in [0.3, 0.4) is 0 Å². The number of nitriles is 1. The van der Waals surface area contributed by atoms with E-state index in [4.69, 9.17) is 8.85 Å². The molecule has 2 aliphatic rings. The third kappa shape index (κ3) is 4.98. The lowest BCUT2D eigenvalue weighted by molar-refractivity contribution is -0.139. The van der Waals surface area contributed by atoms with Crippen molar-refractivity contribution in [3.63, 3.8) is 0 Å².